The number of hydrogen-bond acceptors (Lipinski definition) is 3. The molecule has 2 aromatic rings. The molecule has 2 rings (SSSR count). The lowest BCUT2D eigenvalue weighted by Gasteiger charge is -2.15. The molecule has 0 radical (unpaired) electrons. The first-order valence-corrected chi connectivity index (χ1v) is 5.80. The van der Waals surface area contributed by atoms with E-state index in [1.807, 2.05) is 37.3 Å². The number of ether oxygens (including phenoxy) is 1. The van der Waals surface area contributed by atoms with Gasteiger partial charge in [-0.2, -0.15) is 0 Å². The summed E-state index contributed by atoms with van der Waals surface area (Å²) in [6.45, 7) is 1.95. The molecule has 0 amide bonds. The maximum Gasteiger partial charge on any atom is 0.119 e. The van der Waals surface area contributed by atoms with Gasteiger partial charge in [0, 0.05) is 5.69 Å². The third kappa shape index (κ3) is 2.46. The normalized spacial score (nSPS) is 12.2. The molecule has 0 aliphatic heterocycles. The van der Waals surface area contributed by atoms with Crippen LogP contribution in [0.25, 0.3) is 0 Å². The molecule has 0 heterocycles. The summed E-state index contributed by atoms with van der Waals surface area (Å²) in [5.74, 6) is 0.788. The molecular formula is C15H17NO2. The Morgan fingerprint density at radius 3 is 2.56 bits per heavy atom. The Balaban J connectivity index is 2.37. The standard InChI is InChI=1S/C15H17NO2/c1-10-8-13(18-2)6-7-14(10)15(17)11-4-3-5-12(16)9-11/h3-9,15,17H,16H2,1-2H3. The molecule has 0 spiro atoms. The van der Waals surface area contributed by atoms with Crippen LogP contribution in [-0.2, 0) is 0 Å². The Morgan fingerprint density at radius 1 is 1.17 bits per heavy atom. The minimum absolute atomic E-state index is 0.651. The van der Waals surface area contributed by atoms with Gasteiger partial charge >= 0.3 is 0 Å². The average Bonchev–Trinajstić information content (AvgIpc) is 2.37. The first-order chi connectivity index (χ1) is 8.61. The molecule has 0 bridgehead atoms. The summed E-state index contributed by atoms with van der Waals surface area (Å²) in [5, 5.41) is 10.4. The van der Waals surface area contributed by atoms with E-state index < -0.39 is 6.10 Å². The molecule has 0 aromatic heterocycles. The summed E-state index contributed by atoms with van der Waals surface area (Å²) in [6, 6.07) is 12.9. The average molecular weight is 243 g/mol. The molecule has 0 saturated carbocycles. The summed E-state index contributed by atoms with van der Waals surface area (Å²) in [6.07, 6.45) is -0.667. The van der Waals surface area contributed by atoms with Gasteiger partial charge in [-0.05, 0) is 47.9 Å². The van der Waals surface area contributed by atoms with Crippen LogP contribution in [0.2, 0.25) is 0 Å². The fourth-order valence-electron chi connectivity index (χ4n) is 1.99. The van der Waals surface area contributed by atoms with Gasteiger partial charge in [-0.25, -0.2) is 0 Å². The highest BCUT2D eigenvalue weighted by atomic mass is 16.5. The predicted octanol–water partition coefficient (Wildman–Crippen LogP) is 2.67. The van der Waals surface area contributed by atoms with Gasteiger partial charge in [0.25, 0.3) is 0 Å². The first-order valence-electron chi connectivity index (χ1n) is 5.80. The maximum atomic E-state index is 10.4. The molecule has 3 heteroatoms. The van der Waals surface area contributed by atoms with E-state index in [4.69, 9.17) is 10.5 Å². The second-order valence-corrected chi connectivity index (χ2v) is 4.30. The summed E-state index contributed by atoms with van der Waals surface area (Å²) in [7, 11) is 1.63. The largest absolute Gasteiger partial charge is 0.497 e. The van der Waals surface area contributed by atoms with Crippen LogP contribution in [0.15, 0.2) is 42.5 Å². The van der Waals surface area contributed by atoms with Gasteiger partial charge < -0.3 is 15.6 Å². The number of benzene rings is 2. The number of aliphatic hydroxyl groups excluding tert-OH is 1. The van der Waals surface area contributed by atoms with E-state index in [2.05, 4.69) is 0 Å². The fourth-order valence-corrected chi connectivity index (χ4v) is 1.99. The van der Waals surface area contributed by atoms with Crippen molar-refractivity contribution in [3.8, 4) is 5.75 Å². The highest BCUT2D eigenvalue weighted by Crippen LogP contribution is 2.28. The number of hydrogen-bond donors (Lipinski definition) is 2. The van der Waals surface area contributed by atoms with Crippen LogP contribution < -0.4 is 10.5 Å². The topological polar surface area (TPSA) is 55.5 Å². The monoisotopic (exact) mass is 243 g/mol. The molecule has 3 N–H and O–H groups in total. The first kappa shape index (κ1) is 12.5. The minimum Gasteiger partial charge on any atom is -0.497 e. The number of anilines is 1. The van der Waals surface area contributed by atoms with Gasteiger partial charge in [0.05, 0.1) is 7.11 Å². The van der Waals surface area contributed by atoms with E-state index in [1.165, 1.54) is 0 Å². The Labute approximate surface area is 107 Å². The van der Waals surface area contributed by atoms with Crippen LogP contribution in [-0.4, -0.2) is 12.2 Å². The van der Waals surface area contributed by atoms with Gasteiger partial charge in [-0.3, -0.25) is 0 Å². The lowest BCUT2D eigenvalue weighted by atomic mass is 9.97. The number of aliphatic hydroxyl groups is 1. The molecule has 0 aliphatic rings. The van der Waals surface area contributed by atoms with Crippen LogP contribution in [0, 0.1) is 6.92 Å². The molecule has 1 unspecified atom stereocenters. The highest BCUT2D eigenvalue weighted by Gasteiger charge is 2.13. The van der Waals surface area contributed by atoms with Crippen LogP contribution in [0.5, 0.6) is 5.75 Å². The predicted molar refractivity (Wildman–Crippen MR) is 72.6 cm³/mol. The van der Waals surface area contributed by atoms with Crippen molar-refractivity contribution in [3.63, 3.8) is 0 Å². The van der Waals surface area contributed by atoms with Crippen molar-refractivity contribution in [1.82, 2.24) is 0 Å². The third-order valence-electron chi connectivity index (χ3n) is 3.00. The Hall–Kier alpha value is -2.00. The van der Waals surface area contributed by atoms with Crippen molar-refractivity contribution in [1.29, 1.82) is 0 Å². The van der Waals surface area contributed by atoms with Crippen LogP contribution in [0.4, 0.5) is 5.69 Å². The Bertz CT molecular complexity index is 552. The van der Waals surface area contributed by atoms with Crippen molar-refractivity contribution < 1.29 is 9.84 Å². The van der Waals surface area contributed by atoms with E-state index in [9.17, 15) is 5.11 Å². The molecule has 18 heavy (non-hydrogen) atoms. The van der Waals surface area contributed by atoms with E-state index in [0.29, 0.717) is 5.69 Å². The highest BCUT2D eigenvalue weighted by molar-refractivity contribution is 5.45. The molecule has 94 valence electrons. The van der Waals surface area contributed by atoms with Gasteiger partial charge in [-0.1, -0.05) is 18.2 Å². The van der Waals surface area contributed by atoms with Gasteiger partial charge in [-0.15, -0.1) is 0 Å². The number of methoxy groups -OCH3 is 1. The van der Waals surface area contributed by atoms with Crippen LogP contribution in [0.1, 0.15) is 22.8 Å². The molecule has 0 fully saturated rings. The summed E-state index contributed by atoms with van der Waals surface area (Å²) in [4.78, 5) is 0. The zero-order valence-corrected chi connectivity index (χ0v) is 10.6. The Morgan fingerprint density at radius 2 is 1.94 bits per heavy atom. The molecular weight excluding hydrogens is 226 g/mol. The number of rotatable bonds is 3. The summed E-state index contributed by atoms with van der Waals surface area (Å²) >= 11 is 0. The number of nitrogens with two attached hydrogens (primary N) is 1. The van der Waals surface area contributed by atoms with Crippen molar-refractivity contribution >= 4 is 5.69 Å². The number of nitrogen functional groups attached to an aromatic ring is 1. The van der Waals surface area contributed by atoms with Crippen LogP contribution in [0.3, 0.4) is 0 Å². The molecule has 1 atom stereocenters. The Kier molecular flexibility index (Phi) is 3.53. The van der Waals surface area contributed by atoms with Gasteiger partial charge in [0.1, 0.15) is 11.9 Å². The SMILES string of the molecule is COc1ccc(C(O)c2cccc(N)c2)c(C)c1. The summed E-state index contributed by atoms with van der Waals surface area (Å²) < 4.78 is 5.15. The zero-order valence-electron chi connectivity index (χ0n) is 10.6. The smallest absolute Gasteiger partial charge is 0.119 e. The second kappa shape index (κ2) is 5.10. The molecule has 2 aromatic carbocycles. The van der Waals surface area contributed by atoms with Crippen molar-refractivity contribution in [2.75, 3.05) is 12.8 Å². The minimum atomic E-state index is -0.667. The van der Waals surface area contributed by atoms with E-state index >= 15 is 0 Å². The van der Waals surface area contributed by atoms with Crippen molar-refractivity contribution in [3.05, 3.63) is 59.2 Å². The van der Waals surface area contributed by atoms with Crippen LogP contribution >= 0.6 is 0 Å². The van der Waals surface area contributed by atoms with Crippen molar-refractivity contribution in [2.24, 2.45) is 0 Å². The lowest BCUT2D eigenvalue weighted by Crippen LogP contribution is -2.03. The molecule has 3 nitrogen and oxygen atoms in total. The number of aryl methyl sites for hydroxylation is 1. The zero-order chi connectivity index (χ0) is 13.1. The maximum absolute atomic E-state index is 10.4. The van der Waals surface area contributed by atoms with E-state index in [-0.39, 0.29) is 0 Å². The van der Waals surface area contributed by atoms with Crippen molar-refractivity contribution in [2.45, 2.75) is 13.0 Å². The summed E-state index contributed by atoms with van der Waals surface area (Å²) in [5.41, 5.74) is 9.02. The quantitative estimate of drug-likeness (QED) is 0.815. The lowest BCUT2D eigenvalue weighted by molar-refractivity contribution is 0.219. The van der Waals surface area contributed by atoms with E-state index in [1.54, 1.807) is 19.2 Å². The fraction of sp³-hybridized carbons (Fsp3) is 0.200. The molecule has 0 saturated heterocycles. The molecule has 0 aliphatic carbocycles. The van der Waals surface area contributed by atoms with E-state index in [0.717, 1.165) is 22.4 Å². The third-order valence-corrected chi connectivity index (χ3v) is 3.00. The van der Waals surface area contributed by atoms with Gasteiger partial charge in [0.2, 0.25) is 0 Å². The second-order valence-electron chi connectivity index (χ2n) is 4.30. The van der Waals surface area contributed by atoms with Gasteiger partial charge in [0.15, 0.2) is 0 Å².